The first-order chi connectivity index (χ1) is 9.16. The summed E-state index contributed by atoms with van der Waals surface area (Å²) in [5.41, 5.74) is -3.40. The summed E-state index contributed by atoms with van der Waals surface area (Å²) >= 11 is 0. The maximum absolute atomic E-state index is 14.3. The lowest BCUT2D eigenvalue weighted by Crippen LogP contribution is -2.38. The van der Waals surface area contributed by atoms with E-state index in [0.29, 0.717) is 6.08 Å². The number of esters is 1. The van der Waals surface area contributed by atoms with E-state index in [1.54, 1.807) is 0 Å². The Labute approximate surface area is 114 Å². The summed E-state index contributed by atoms with van der Waals surface area (Å²) in [6, 6.07) is 0. The fourth-order valence-corrected chi connectivity index (χ4v) is 1.70. The van der Waals surface area contributed by atoms with E-state index in [-0.39, 0.29) is 12.7 Å². The van der Waals surface area contributed by atoms with Gasteiger partial charge in [-0.1, -0.05) is 0 Å². The number of carbonyl (C=O) groups excluding carboxylic acids is 2. The summed E-state index contributed by atoms with van der Waals surface area (Å²) in [6.45, 7) is 2.41. The molecule has 1 aliphatic carbocycles. The summed E-state index contributed by atoms with van der Waals surface area (Å²) in [5, 5.41) is 0. The molecule has 4 nitrogen and oxygen atoms in total. The van der Waals surface area contributed by atoms with Gasteiger partial charge in [0.2, 0.25) is 0 Å². The fourth-order valence-electron chi connectivity index (χ4n) is 1.70. The quantitative estimate of drug-likeness (QED) is 0.576. The van der Waals surface area contributed by atoms with Gasteiger partial charge in [0, 0.05) is 13.2 Å². The van der Waals surface area contributed by atoms with E-state index >= 15 is 0 Å². The van der Waals surface area contributed by atoms with Crippen LogP contribution in [0.15, 0.2) is 23.6 Å². The van der Waals surface area contributed by atoms with Crippen molar-refractivity contribution in [2.24, 2.45) is 0 Å². The molecule has 0 N–H and O–H groups in total. The molecule has 112 valence electrons. The van der Waals surface area contributed by atoms with E-state index in [1.807, 2.05) is 0 Å². The SMILES string of the molecule is CCOC(=O)CC(=O)C1=CC(C)(F)C(F)=CC1(F)OC. The third-order valence-electron chi connectivity index (χ3n) is 2.77. The number of rotatable bonds is 5. The molecular weight excluding hydrogens is 277 g/mol. The van der Waals surface area contributed by atoms with Crippen LogP contribution in [0.4, 0.5) is 13.2 Å². The highest BCUT2D eigenvalue weighted by Crippen LogP contribution is 2.39. The van der Waals surface area contributed by atoms with E-state index in [0.717, 1.165) is 14.0 Å². The molecular formula is C13H15F3O4. The lowest BCUT2D eigenvalue weighted by Gasteiger charge is -2.30. The average Bonchev–Trinajstić information content (AvgIpc) is 2.34. The second kappa shape index (κ2) is 5.78. The minimum atomic E-state index is -2.90. The van der Waals surface area contributed by atoms with Crippen LogP contribution in [0.25, 0.3) is 0 Å². The molecule has 0 aromatic carbocycles. The maximum Gasteiger partial charge on any atom is 0.313 e. The average molecular weight is 292 g/mol. The van der Waals surface area contributed by atoms with Crippen molar-refractivity contribution in [2.75, 3.05) is 13.7 Å². The Balaban J connectivity index is 3.07. The van der Waals surface area contributed by atoms with Gasteiger partial charge in [0.1, 0.15) is 12.2 Å². The zero-order valence-electron chi connectivity index (χ0n) is 11.3. The molecule has 0 saturated heterocycles. The highest BCUT2D eigenvalue weighted by Gasteiger charge is 2.46. The summed E-state index contributed by atoms with van der Waals surface area (Å²) in [7, 11) is 0.899. The fraction of sp³-hybridized carbons (Fsp3) is 0.538. The van der Waals surface area contributed by atoms with Crippen molar-refractivity contribution >= 4 is 11.8 Å². The zero-order chi connectivity index (χ0) is 15.6. The van der Waals surface area contributed by atoms with Crippen molar-refractivity contribution in [2.45, 2.75) is 31.8 Å². The van der Waals surface area contributed by atoms with Crippen molar-refractivity contribution in [3.8, 4) is 0 Å². The Morgan fingerprint density at radius 3 is 2.40 bits per heavy atom. The molecule has 0 aromatic rings. The first-order valence-corrected chi connectivity index (χ1v) is 5.90. The zero-order valence-corrected chi connectivity index (χ0v) is 11.3. The number of ketones is 1. The van der Waals surface area contributed by atoms with Crippen LogP contribution in [0, 0.1) is 0 Å². The molecule has 0 radical (unpaired) electrons. The van der Waals surface area contributed by atoms with Crippen LogP contribution in [0.1, 0.15) is 20.3 Å². The van der Waals surface area contributed by atoms with Crippen LogP contribution < -0.4 is 0 Å². The van der Waals surface area contributed by atoms with Gasteiger partial charge in [0.15, 0.2) is 11.5 Å². The van der Waals surface area contributed by atoms with Crippen molar-refractivity contribution in [3.63, 3.8) is 0 Å². The normalized spacial score (nSPS) is 29.5. The summed E-state index contributed by atoms with van der Waals surface area (Å²) < 4.78 is 50.5. The number of allylic oxidation sites excluding steroid dienone is 2. The van der Waals surface area contributed by atoms with Gasteiger partial charge < -0.3 is 9.47 Å². The molecule has 0 amide bonds. The van der Waals surface area contributed by atoms with E-state index in [4.69, 9.17) is 0 Å². The second-order valence-electron chi connectivity index (χ2n) is 4.38. The maximum atomic E-state index is 14.3. The summed E-state index contributed by atoms with van der Waals surface area (Å²) in [6.07, 6.45) is -0.0565. The minimum Gasteiger partial charge on any atom is -0.466 e. The van der Waals surface area contributed by atoms with Gasteiger partial charge in [-0.3, -0.25) is 9.59 Å². The van der Waals surface area contributed by atoms with Gasteiger partial charge in [-0.25, -0.2) is 13.2 Å². The van der Waals surface area contributed by atoms with Crippen LogP contribution in [0.2, 0.25) is 0 Å². The lowest BCUT2D eigenvalue weighted by molar-refractivity contribution is -0.145. The Kier molecular flexibility index (Phi) is 4.75. The standard InChI is InChI=1S/C13H15F3O4/c1-4-20-11(18)5-9(17)8-6-12(2,15)10(14)7-13(8,16)19-3/h6-7H,4-5H2,1-3H3. The predicted octanol–water partition coefficient (Wildman–Crippen LogP) is 2.34. The van der Waals surface area contributed by atoms with Crippen LogP contribution in [-0.2, 0) is 19.1 Å². The van der Waals surface area contributed by atoms with Gasteiger partial charge >= 0.3 is 5.97 Å². The van der Waals surface area contributed by atoms with Crippen molar-refractivity contribution in [1.82, 2.24) is 0 Å². The van der Waals surface area contributed by atoms with E-state index < -0.39 is 41.1 Å². The Morgan fingerprint density at radius 2 is 1.90 bits per heavy atom. The summed E-state index contributed by atoms with van der Waals surface area (Å²) in [4.78, 5) is 23.0. The molecule has 1 rings (SSSR count). The molecule has 0 aromatic heterocycles. The second-order valence-corrected chi connectivity index (χ2v) is 4.38. The molecule has 2 atom stereocenters. The molecule has 7 heteroatoms. The van der Waals surface area contributed by atoms with Crippen LogP contribution >= 0.6 is 0 Å². The number of carbonyl (C=O) groups is 2. The number of alkyl halides is 2. The highest BCUT2D eigenvalue weighted by atomic mass is 19.2. The molecule has 2 unspecified atom stereocenters. The molecule has 0 aliphatic heterocycles. The van der Waals surface area contributed by atoms with Gasteiger partial charge in [-0.2, -0.15) is 0 Å². The number of hydrogen-bond acceptors (Lipinski definition) is 4. The summed E-state index contributed by atoms with van der Waals surface area (Å²) in [5.74, 6) is -6.22. The van der Waals surface area contributed by atoms with Crippen LogP contribution in [-0.4, -0.2) is 37.0 Å². The number of halogens is 3. The van der Waals surface area contributed by atoms with E-state index in [2.05, 4.69) is 9.47 Å². The largest absolute Gasteiger partial charge is 0.466 e. The van der Waals surface area contributed by atoms with Gasteiger partial charge in [0.05, 0.1) is 12.2 Å². The van der Waals surface area contributed by atoms with Gasteiger partial charge in [-0.05, 0) is 19.9 Å². The number of Topliss-reactive ketones (excluding diaryl/α,β-unsaturated/α-hetero) is 1. The Morgan fingerprint density at radius 1 is 1.30 bits per heavy atom. The first kappa shape index (κ1) is 16.4. The van der Waals surface area contributed by atoms with Crippen LogP contribution in [0.5, 0.6) is 0 Å². The molecule has 0 spiro atoms. The molecule has 0 saturated carbocycles. The van der Waals surface area contributed by atoms with Gasteiger partial charge in [-0.15, -0.1) is 0 Å². The lowest BCUT2D eigenvalue weighted by atomic mass is 9.88. The molecule has 1 aliphatic rings. The Hall–Kier alpha value is -1.63. The molecule has 0 bridgehead atoms. The van der Waals surface area contributed by atoms with Gasteiger partial charge in [0.25, 0.3) is 5.85 Å². The molecule has 0 fully saturated rings. The number of hydrogen-bond donors (Lipinski definition) is 0. The van der Waals surface area contributed by atoms with Crippen molar-refractivity contribution < 1.29 is 32.2 Å². The third kappa shape index (κ3) is 3.27. The minimum absolute atomic E-state index is 0.0472. The third-order valence-corrected chi connectivity index (χ3v) is 2.77. The van der Waals surface area contributed by atoms with Crippen LogP contribution in [0.3, 0.4) is 0 Å². The van der Waals surface area contributed by atoms with E-state index in [1.165, 1.54) is 6.92 Å². The number of methoxy groups -OCH3 is 1. The Bertz CT molecular complexity index is 482. The van der Waals surface area contributed by atoms with Crippen molar-refractivity contribution in [1.29, 1.82) is 0 Å². The topological polar surface area (TPSA) is 52.6 Å². The van der Waals surface area contributed by atoms with Crippen molar-refractivity contribution in [3.05, 3.63) is 23.6 Å². The molecule has 20 heavy (non-hydrogen) atoms. The molecule has 0 heterocycles. The first-order valence-electron chi connectivity index (χ1n) is 5.90. The number of ether oxygens (including phenoxy) is 2. The monoisotopic (exact) mass is 292 g/mol. The smallest absolute Gasteiger partial charge is 0.313 e. The highest BCUT2D eigenvalue weighted by molar-refractivity contribution is 6.07. The predicted molar refractivity (Wildman–Crippen MR) is 63.9 cm³/mol. The van der Waals surface area contributed by atoms with E-state index in [9.17, 15) is 22.8 Å².